The number of amides is 1. The number of benzene rings is 1. The van der Waals surface area contributed by atoms with Crippen molar-refractivity contribution in [1.29, 1.82) is 5.26 Å². The summed E-state index contributed by atoms with van der Waals surface area (Å²) in [5.41, 5.74) is 2.12. The Bertz CT molecular complexity index is 1010. The van der Waals surface area contributed by atoms with Gasteiger partial charge in [0.25, 0.3) is 0 Å². The van der Waals surface area contributed by atoms with E-state index in [4.69, 9.17) is 33.3 Å². The fraction of sp³-hybridized carbons (Fsp3) is 0.400. The third kappa shape index (κ3) is 3.59. The van der Waals surface area contributed by atoms with E-state index in [1.165, 1.54) is 0 Å². The van der Waals surface area contributed by atoms with Gasteiger partial charge in [-0.1, -0.05) is 35.3 Å². The van der Waals surface area contributed by atoms with Crippen molar-refractivity contribution in [3.05, 3.63) is 39.6 Å². The molecular weight excluding hydrogens is 413 g/mol. The van der Waals surface area contributed by atoms with Gasteiger partial charge >= 0.3 is 6.09 Å². The number of nitriles is 1. The van der Waals surface area contributed by atoms with Gasteiger partial charge in [-0.15, -0.1) is 0 Å². The van der Waals surface area contributed by atoms with Crippen molar-refractivity contribution < 1.29 is 9.90 Å². The van der Waals surface area contributed by atoms with Gasteiger partial charge in [0.15, 0.2) is 5.69 Å². The van der Waals surface area contributed by atoms with E-state index in [1.54, 1.807) is 18.2 Å². The van der Waals surface area contributed by atoms with E-state index in [-0.39, 0.29) is 23.8 Å². The number of carbonyl (C=O) groups is 1. The summed E-state index contributed by atoms with van der Waals surface area (Å²) >= 11 is 12.5. The van der Waals surface area contributed by atoms with Crippen LogP contribution in [0.3, 0.4) is 0 Å². The normalized spacial score (nSPS) is 23.0. The Labute approximate surface area is 178 Å². The molecule has 3 heterocycles. The fourth-order valence-corrected chi connectivity index (χ4v) is 4.96. The summed E-state index contributed by atoms with van der Waals surface area (Å²) in [5, 5.41) is 22.2. The topological polar surface area (TPSA) is 102 Å². The smallest absolute Gasteiger partial charge is 0.404 e. The average Bonchev–Trinajstić information content (AvgIpc) is 2.94. The Kier molecular flexibility index (Phi) is 5.24. The molecule has 9 heteroatoms. The van der Waals surface area contributed by atoms with Crippen LogP contribution < -0.4 is 10.2 Å². The second-order valence-corrected chi connectivity index (χ2v) is 8.24. The Hall–Kier alpha value is -2.56. The van der Waals surface area contributed by atoms with Gasteiger partial charge in [-0.2, -0.15) is 5.26 Å². The van der Waals surface area contributed by atoms with E-state index in [0.717, 1.165) is 12.8 Å². The largest absolute Gasteiger partial charge is 0.465 e. The molecule has 29 heavy (non-hydrogen) atoms. The zero-order chi connectivity index (χ0) is 20.7. The SMILES string of the molecule is Cc1nc(N2[C@@H]3CC[C@H]2CC(NC(=O)O)C3)nc(C#N)c1-c1cccc(Cl)c1Cl. The number of rotatable bonds is 3. The average molecular weight is 432 g/mol. The van der Waals surface area contributed by atoms with Crippen LogP contribution in [0.2, 0.25) is 10.0 Å². The standard InChI is InChI=1S/C20H19Cl2N5O2/c1-10-17(14-3-2-4-15(21)18(14)22)16(9-23)26-19(24-10)27-12-5-6-13(27)8-11(7-12)25-20(28)29/h2-4,11-13,25H,5-8H2,1H3,(H,28,29)/t11?,12-,13+. The van der Waals surface area contributed by atoms with Crippen molar-refractivity contribution in [2.24, 2.45) is 0 Å². The van der Waals surface area contributed by atoms with E-state index < -0.39 is 6.09 Å². The minimum absolute atomic E-state index is 0.0673. The van der Waals surface area contributed by atoms with Gasteiger partial charge in [0.2, 0.25) is 5.95 Å². The highest BCUT2D eigenvalue weighted by Crippen LogP contribution is 2.40. The van der Waals surface area contributed by atoms with Gasteiger partial charge in [-0.05, 0) is 38.7 Å². The van der Waals surface area contributed by atoms with Crippen molar-refractivity contribution in [2.45, 2.75) is 50.7 Å². The van der Waals surface area contributed by atoms with Crippen molar-refractivity contribution in [3.8, 4) is 17.2 Å². The number of hydrogen-bond donors (Lipinski definition) is 2. The zero-order valence-electron chi connectivity index (χ0n) is 15.7. The van der Waals surface area contributed by atoms with E-state index in [9.17, 15) is 10.1 Å². The summed E-state index contributed by atoms with van der Waals surface area (Å²) in [7, 11) is 0. The van der Waals surface area contributed by atoms with E-state index >= 15 is 0 Å². The maximum absolute atomic E-state index is 11.0. The molecule has 2 aromatic rings. The molecule has 1 unspecified atom stereocenters. The fourth-order valence-electron chi connectivity index (χ4n) is 4.57. The third-order valence-electron chi connectivity index (χ3n) is 5.70. The lowest BCUT2D eigenvalue weighted by Gasteiger charge is -2.39. The molecular formula is C20H19Cl2N5O2. The highest BCUT2D eigenvalue weighted by atomic mass is 35.5. The predicted molar refractivity (Wildman–Crippen MR) is 110 cm³/mol. The van der Waals surface area contributed by atoms with Gasteiger partial charge in [-0.25, -0.2) is 14.8 Å². The summed E-state index contributed by atoms with van der Waals surface area (Å²) < 4.78 is 0. The molecule has 2 bridgehead atoms. The van der Waals surface area contributed by atoms with E-state index in [0.29, 0.717) is 45.7 Å². The molecule has 2 N–H and O–H groups in total. The van der Waals surface area contributed by atoms with Crippen molar-refractivity contribution in [2.75, 3.05) is 4.90 Å². The number of hydrogen-bond acceptors (Lipinski definition) is 5. The number of aryl methyl sites for hydroxylation is 1. The first-order chi connectivity index (χ1) is 13.9. The summed E-state index contributed by atoms with van der Waals surface area (Å²) in [5.74, 6) is 0.516. The first kappa shape index (κ1) is 19.7. The van der Waals surface area contributed by atoms with Crippen LogP contribution in [0.15, 0.2) is 18.2 Å². The molecule has 0 radical (unpaired) electrons. The predicted octanol–water partition coefficient (Wildman–Crippen LogP) is 4.40. The summed E-state index contributed by atoms with van der Waals surface area (Å²) in [6, 6.07) is 7.68. The van der Waals surface area contributed by atoms with Crippen LogP contribution in [0.4, 0.5) is 10.7 Å². The van der Waals surface area contributed by atoms with Crippen LogP contribution in [-0.4, -0.2) is 39.3 Å². The molecule has 2 aliphatic rings. The monoisotopic (exact) mass is 431 g/mol. The lowest BCUT2D eigenvalue weighted by molar-refractivity contribution is 0.185. The number of nitrogens with zero attached hydrogens (tertiary/aromatic N) is 4. The molecule has 1 amide bonds. The lowest BCUT2D eigenvalue weighted by Crippen LogP contribution is -2.51. The van der Waals surface area contributed by atoms with E-state index in [1.807, 2.05) is 6.92 Å². The minimum atomic E-state index is -0.996. The number of carboxylic acid groups (broad SMARTS) is 1. The van der Waals surface area contributed by atoms with Crippen LogP contribution in [-0.2, 0) is 0 Å². The molecule has 7 nitrogen and oxygen atoms in total. The molecule has 2 saturated heterocycles. The highest BCUT2D eigenvalue weighted by molar-refractivity contribution is 6.43. The Balaban J connectivity index is 1.71. The number of piperidine rings is 1. The van der Waals surface area contributed by atoms with Crippen LogP contribution in [0.1, 0.15) is 37.1 Å². The number of halogens is 2. The Morgan fingerprint density at radius 3 is 2.59 bits per heavy atom. The number of anilines is 1. The molecule has 0 saturated carbocycles. The maximum Gasteiger partial charge on any atom is 0.404 e. The number of fused-ring (bicyclic) bond motifs is 2. The zero-order valence-corrected chi connectivity index (χ0v) is 17.2. The summed E-state index contributed by atoms with van der Waals surface area (Å²) in [6.45, 7) is 1.83. The molecule has 0 spiro atoms. The molecule has 1 aromatic heterocycles. The highest BCUT2D eigenvalue weighted by Gasteiger charge is 2.42. The molecule has 1 aromatic carbocycles. The molecule has 150 valence electrons. The van der Waals surface area contributed by atoms with Crippen LogP contribution in [0.5, 0.6) is 0 Å². The van der Waals surface area contributed by atoms with Crippen molar-refractivity contribution in [3.63, 3.8) is 0 Å². The molecule has 3 atom stereocenters. The van der Waals surface area contributed by atoms with Gasteiger partial charge < -0.3 is 15.3 Å². The van der Waals surface area contributed by atoms with Gasteiger partial charge in [0, 0.05) is 29.3 Å². The second kappa shape index (κ2) is 7.69. The molecule has 2 fully saturated rings. The summed E-state index contributed by atoms with van der Waals surface area (Å²) in [6.07, 6.45) is 2.32. The van der Waals surface area contributed by atoms with Crippen molar-refractivity contribution >= 4 is 35.2 Å². The first-order valence-electron chi connectivity index (χ1n) is 9.40. The second-order valence-electron chi connectivity index (χ2n) is 7.46. The van der Waals surface area contributed by atoms with Crippen LogP contribution >= 0.6 is 23.2 Å². The number of aromatic nitrogens is 2. The van der Waals surface area contributed by atoms with Crippen molar-refractivity contribution in [1.82, 2.24) is 15.3 Å². The number of nitrogens with one attached hydrogen (secondary N) is 1. The van der Waals surface area contributed by atoms with Crippen LogP contribution in [0, 0.1) is 18.3 Å². The maximum atomic E-state index is 11.0. The van der Waals surface area contributed by atoms with Gasteiger partial charge in [-0.3, -0.25) is 0 Å². The first-order valence-corrected chi connectivity index (χ1v) is 10.2. The molecule has 0 aliphatic carbocycles. The molecule has 2 aliphatic heterocycles. The van der Waals surface area contributed by atoms with Crippen LogP contribution in [0.25, 0.3) is 11.1 Å². The summed E-state index contributed by atoms with van der Waals surface area (Å²) in [4.78, 5) is 22.4. The quantitative estimate of drug-likeness (QED) is 0.746. The van der Waals surface area contributed by atoms with E-state index in [2.05, 4.69) is 21.3 Å². The van der Waals surface area contributed by atoms with Gasteiger partial charge in [0.05, 0.1) is 15.7 Å². The Morgan fingerprint density at radius 2 is 1.97 bits per heavy atom. The minimum Gasteiger partial charge on any atom is -0.465 e. The van der Waals surface area contributed by atoms with Gasteiger partial charge in [0.1, 0.15) is 6.07 Å². The molecule has 4 rings (SSSR count). The Morgan fingerprint density at radius 1 is 1.28 bits per heavy atom. The third-order valence-corrected chi connectivity index (χ3v) is 6.52. The lowest BCUT2D eigenvalue weighted by atomic mass is 9.97.